The molecular weight excluding hydrogens is 466 g/mol. The lowest BCUT2D eigenvalue weighted by Crippen LogP contribution is -2.41. The van der Waals surface area contributed by atoms with Gasteiger partial charge in [0, 0.05) is 12.3 Å². The predicted molar refractivity (Wildman–Crippen MR) is 142 cm³/mol. The number of ether oxygens (including phenoxy) is 2. The lowest BCUT2D eigenvalue weighted by molar-refractivity contribution is -0.141. The number of fused-ring (bicyclic) bond motifs is 3. The van der Waals surface area contributed by atoms with E-state index in [1.165, 1.54) is 10.5 Å². The summed E-state index contributed by atoms with van der Waals surface area (Å²) in [7, 11) is 0. The summed E-state index contributed by atoms with van der Waals surface area (Å²) in [5, 5.41) is 9.78. The second-order valence-corrected chi connectivity index (χ2v) is 10.9. The van der Waals surface area contributed by atoms with Gasteiger partial charge in [0.05, 0.1) is 19.3 Å². The molecule has 37 heavy (non-hydrogen) atoms. The van der Waals surface area contributed by atoms with E-state index in [4.69, 9.17) is 9.47 Å². The molecule has 2 unspecified atom stereocenters. The van der Waals surface area contributed by atoms with Crippen molar-refractivity contribution in [3.05, 3.63) is 95.1 Å². The zero-order chi connectivity index (χ0) is 26.2. The first-order valence-corrected chi connectivity index (χ1v) is 12.8. The van der Waals surface area contributed by atoms with Gasteiger partial charge in [0.1, 0.15) is 12.6 Å². The minimum Gasteiger partial charge on any atom is -0.480 e. The van der Waals surface area contributed by atoms with Crippen LogP contribution in [-0.4, -0.2) is 47.4 Å². The molecule has 0 aromatic heterocycles. The number of amides is 1. The Balaban J connectivity index is 1.22. The third kappa shape index (κ3) is 5.12. The molecule has 1 saturated heterocycles. The van der Waals surface area contributed by atoms with Crippen LogP contribution in [0.25, 0.3) is 11.1 Å². The van der Waals surface area contributed by atoms with Crippen molar-refractivity contribution in [2.45, 2.75) is 57.3 Å². The molecule has 3 aromatic rings. The molecule has 1 fully saturated rings. The maximum atomic E-state index is 13.1. The molecule has 0 saturated carbocycles. The average Bonchev–Trinajstić information content (AvgIpc) is 3.46. The first-order chi connectivity index (χ1) is 17.7. The minimum atomic E-state index is -1.05. The smallest absolute Gasteiger partial charge is 0.410 e. The molecule has 5 rings (SSSR count). The van der Waals surface area contributed by atoms with Crippen molar-refractivity contribution in [2.24, 2.45) is 0 Å². The van der Waals surface area contributed by atoms with E-state index in [9.17, 15) is 14.7 Å². The standard InChI is InChI=1S/C31H33NO5/c1-31(2,3)21-14-12-20(13-15-21)18-36-22-16-28(29(33)34)32(17-22)30(35)37-19-27-25-10-6-4-8-23(25)24-9-5-7-11-26(24)27/h4-15,22,27-28H,16-19H2,1-3H3,(H,33,34). The number of carbonyl (C=O) groups excluding carboxylic acids is 1. The van der Waals surface area contributed by atoms with Crippen LogP contribution in [-0.2, 0) is 26.3 Å². The first kappa shape index (κ1) is 25.0. The number of carbonyl (C=O) groups is 2. The van der Waals surface area contributed by atoms with E-state index in [-0.39, 0.29) is 37.0 Å². The van der Waals surface area contributed by atoms with Crippen molar-refractivity contribution in [1.29, 1.82) is 0 Å². The second kappa shape index (κ2) is 10.0. The van der Waals surface area contributed by atoms with Gasteiger partial charge in [-0.05, 0) is 38.8 Å². The molecule has 1 N–H and O–H groups in total. The topological polar surface area (TPSA) is 76.1 Å². The highest BCUT2D eigenvalue weighted by atomic mass is 16.6. The van der Waals surface area contributed by atoms with Gasteiger partial charge in [-0.3, -0.25) is 4.90 Å². The number of nitrogens with zero attached hydrogens (tertiary/aromatic N) is 1. The van der Waals surface area contributed by atoms with E-state index in [0.717, 1.165) is 27.8 Å². The highest BCUT2D eigenvalue weighted by Crippen LogP contribution is 2.44. The quantitative estimate of drug-likeness (QED) is 0.452. The number of hydrogen-bond acceptors (Lipinski definition) is 4. The summed E-state index contributed by atoms with van der Waals surface area (Å²) in [5.74, 6) is -1.13. The van der Waals surface area contributed by atoms with Crippen LogP contribution in [0.15, 0.2) is 72.8 Å². The Bertz CT molecular complexity index is 1250. The molecule has 6 heteroatoms. The van der Waals surface area contributed by atoms with Gasteiger partial charge in [-0.25, -0.2) is 9.59 Å². The first-order valence-electron chi connectivity index (χ1n) is 12.8. The molecule has 0 bridgehead atoms. The van der Waals surface area contributed by atoms with Crippen molar-refractivity contribution in [3.63, 3.8) is 0 Å². The fraction of sp³-hybridized carbons (Fsp3) is 0.355. The van der Waals surface area contributed by atoms with Crippen molar-refractivity contribution in [2.75, 3.05) is 13.2 Å². The van der Waals surface area contributed by atoms with Gasteiger partial charge in [0.2, 0.25) is 0 Å². The number of aliphatic carboxylic acids is 1. The van der Waals surface area contributed by atoms with E-state index in [0.29, 0.717) is 6.61 Å². The summed E-state index contributed by atoms with van der Waals surface area (Å²) in [5.41, 5.74) is 6.85. The van der Waals surface area contributed by atoms with E-state index < -0.39 is 18.1 Å². The maximum Gasteiger partial charge on any atom is 0.410 e. The molecule has 0 spiro atoms. The Morgan fingerprint density at radius 1 is 0.919 bits per heavy atom. The van der Waals surface area contributed by atoms with Crippen molar-refractivity contribution in [1.82, 2.24) is 4.90 Å². The third-order valence-corrected chi connectivity index (χ3v) is 7.42. The van der Waals surface area contributed by atoms with Crippen molar-refractivity contribution < 1.29 is 24.2 Å². The minimum absolute atomic E-state index is 0.0725. The highest BCUT2D eigenvalue weighted by molar-refractivity contribution is 5.81. The van der Waals surface area contributed by atoms with Gasteiger partial charge in [-0.2, -0.15) is 0 Å². The summed E-state index contributed by atoms with van der Waals surface area (Å²) in [6.07, 6.45) is -0.752. The molecule has 2 atom stereocenters. The summed E-state index contributed by atoms with van der Waals surface area (Å²) in [6.45, 7) is 7.21. The van der Waals surface area contributed by atoms with Gasteiger partial charge in [0.15, 0.2) is 0 Å². The second-order valence-electron chi connectivity index (χ2n) is 10.9. The van der Waals surface area contributed by atoms with E-state index in [1.807, 2.05) is 36.4 Å². The van der Waals surface area contributed by atoms with E-state index in [2.05, 4.69) is 57.2 Å². The van der Waals surface area contributed by atoms with Gasteiger partial charge in [0.25, 0.3) is 0 Å². The van der Waals surface area contributed by atoms with Crippen LogP contribution in [0, 0.1) is 0 Å². The lowest BCUT2D eigenvalue weighted by Gasteiger charge is -2.22. The van der Waals surface area contributed by atoms with Crippen LogP contribution >= 0.6 is 0 Å². The molecule has 6 nitrogen and oxygen atoms in total. The van der Waals surface area contributed by atoms with E-state index >= 15 is 0 Å². The van der Waals surface area contributed by atoms with Gasteiger partial charge >= 0.3 is 12.1 Å². The lowest BCUT2D eigenvalue weighted by atomic mass is 9.87. The summed E-state index contributed by atoms with van der Waals surface area (Å²) >= 11 is 0. The monoisotopic (exact) mass is 499 g/mol. The van der Waals surface area contributed by atoms with Crippen LogP contribution in [0.1, 0.15) is 55.4 Å². The Morgan fingerprint density at radius 3 is 2.08 bits per heavy atom. The number of hydrogen-bond donors (Lipinski definition) is 1. The molecule has 192 valence electrons. The molecular formula is C31H33NO5. The Hall–Kier alpha value is -3.64. The third-order valence-electron chi connectivity index (χ3n) is 7.42. The van der Waals surface area contributed by atoms with Crippen LogP contribution in [0.5, 0.6) is 0 Å². The Kier molecular flexibility index (Phi) is 6.78. The van der Waals surface area contributed by atoms with Crippen molar-refractivity contribution >= 4 is 12.1 Å². The zero-order valence-corrected chi connectivity index (χ0v) is 21.5. The number of carboxylic acid groups (broad SMARTS) is 1. The number of benzene rings is 3. The number of rotatable bonds is 6. The zero-order valence-electron chi connectivity index (χ0n) is 21.5. The molecule has 0 radical (unpaired) electrons. The van der Waals surface area contributed by atoms with Crippen LogP contribution in [0.3, 0.4) is 0 Å². The number of carboxylic acids is 1. The average molecular weight is 500 g/mol. The Morgan fingerprint density at radius 2 is 1.51 bits per heavy atom. The molecule has 1 aliphatic carbocycles. The van der Waals surface area contributed by atoms with Gasteiger partial charge < -0.3 is 14.6 Å². The largest absolute Gasteiger partial charge is 0.480 e. The SMILES string of the molecule is CC(C)(C)c1ccc(COC2CC(C(=O)O)N(C(=O)OCC3c4ccccc4-c4ccccc43)C2)cc1. The summed E-state index contributed by atoms with van der Waals surface area (Å²) in [6, 6.07) is 23.5. The van der Waals surface area contributed by atoms with E-state index in [1.54, 1.807) is 0 Å². The highest BCUT2D eigenvalue weighted by Gasteiger charge is 2.41. The fourth-order valence-electron chi connectivity index (χ4n) is 5.35. The fourth-order valence-corrected chi connectivity index (χ4v) is 5.35. The predicted octanol–water partition coefficient (Wildman–Crippen LogP) is 5.98. The molecule has 1 heterocycles. The normalized spacial score (nSPS) is 18.9. The molecule has 1 amide bonds. The van der Waals surface area contributed by atoms with Crippen molar-refractivity contribution in [3.8, 4) is 11.1 Å². The van der Waals surface area contributed by atoms with Crippen LogP contribution < -0.4 is 0 Å². The van der Waals surface area contributed by atoms with Gasteiger partial charge in [-0.15, -0.1) is 0 Å². The molecule has 1 aliphatic heterocycles. The molecule has 3 aromatic carbocycles. The maximum absolute atomic E-state index is 13.1. The number of likely N-dealkylation sites (tertiary alicyclic amines) is 1. The van der Waals surface area contributed by atoms with Crippen LogP contribution in [0.4, 0.5) is 4.79 Å². The van der Waals surface area contributed by atoms with Crippen LogP contribution in [0.2, 0.25) is 0 Å². The van der Waals surface area contributed by atoms with Gasteiger partial charge in [-0.1, -0.05) is 93.6 Å². The summed E-state index contributed by atoms with van der Waals surface area (Å²) < 4.78 is 11.8. The Labute approximate surface area is 217 Å². The summed E-state index contributed by atoms with van der Waals surface area (Å²) in [4.78, 5) is 26.3. The molecule has 2 aliphatic rings.